The number of benzene rings is 3. The van der Waals surface area contributed by atoms with Gasteiger partial charge in [0.25, 0.3) is 0 Å². The third kappa shape index (κ3) is 4.18. The van der Waals surface area contributed by atoms with Gasteiger partial charge in [0.2, 0.25) is 11.2 Å². The van der Waals surface area contributed by atoms with E-state index in [1.807, 2.05) is 13.0 Å². The first-order chi connectivity index (χ1) is 14.4. The van der Waals surface area contributed by atoms with Gasteiger partial charge < -0.3 is 9.15 Å². The van der Waals surface area contributed by atoms with Gasteiger partial charge in [0, 0.05) is 20.6 Å². The van der Waals surface area contributed by atoms with E-state index in [-0.39, 0.29) is 29.3 Å². The summed E-state index contributed by atoms with van der Waals surface area (Å²) in [5.41, 5.74) is 2.21. The van der Waals surface area contributed by atoms with E-state index in [4.69, 9.17) is 20.8 Å². The molecule has 0 aliphatic rings. The summed E-state index contributed by atoms with van der Waals surface area (Å²) in [6.45, 7) is 1.63. The minimum Gasteiger partial charge on any atom is -0.478 e. The summed E-state index contributed by atoms with van der Waals surface area (Å²) in [5, 5.41) is 0.954. The quantitative estimate of drug-likeness (QED) is 0.306. The van der Waals surface area contributed by atoms with Crippen molar-refractivity contribution in [2.24, 2.45) is 0 Å². The zero-order valence-electron chi connectivity index (χ0n) is 15.9. The standard InChI is InChI=1S/C24H16BrClO4/c1-14-2-11-19-21(12-14)30-23(16-5-9-18(26)10-6-16)24(22(19)28)29-13-20(27)15-3-7-17(25)8-4-15/h2-12H,13H2,1H3. The molecular weight excluding hydrogens is 468 g/mol. The molecule has 0 aliphatic heterocycles. The van der Waals surface area contributed by atoms with Crippen LogP contribution in [0.2, 0.25) is 5.02 Å². The van der Waals surface area contributed by atoms with Crippen molar-refractivity contribution in [3.8, 4) is 17.1 Å². The molecule has 30 heavy (non-hydrogen) atoms. The summed E-state index contributed by atoms with van der Waals surface area (Å²) in [7, 11) is 0. The van der Waals surface area contributed by atoms with Crippen LogP contribution in [-0.4, -0.2) is 12.4 Å². The molecule has 4 rings (SSSR count). The fraction of sp³-hybridized carbons (Fsp3) is 0.0833. The molecule has 0 saturated heterocycles. The van der Waals surface area contributed by atoms with Gasteiger partial charge in [0.05, 0.1) is 5.39 Å². The lowest BCUT2D eigenvalue weighted by Crippen LogP contribution is -2.17. The highest BCUT2D eigenvalue weighted by atomic mass is 79.9. The molecular formula is C24H16BrClO4. The molecule has 0 bridgehead atoms. The minimum absolute atomic E-state index is 0.000799. The van der Waals surface area contributed by atoms with Gasteiger partial charge in [-0.3, -0.25) is 9.59 Å². The van der Waals surface area contributed by atoms with E-state index in [0.717, 1.165) is 10.0 Å². The van der Waals surface area contributed by atoms with E-state index in [1.165, 1.54) is 0 Å². The van der Waals surface area contributed by atoms with Gasteiger partial charge in [-0.1, -0.05) is 45.7 Å². The van der Waals surface area contributed by atoms with Crippen LogP contribution in [0.25, 0.3) is 22.3 Å². The van der Waals surface area contributed by atoms with Gasteiger partial charge >= 0.3 is 0 Å². The van der Waals surface area contributed by atoms with E-state index < -0.39 is 0 Å². The summed E-state index contributed by atoms with van der Waals surface area (Å²) in [5.74, 6) is 0.0190. The average Bonchev–Trinajstić information content (AvgIpc) is 2.73. The lowest BCUT2D eigenvalue weighted by molar-refractivity contribution is 0.0920. The predicted octanol–water partition coefficient (Wildman–Crippen LogP) is 6.45. The number of carbonyl (C=O) groups excluding carboxylic acids is 1. The summed E-state index contributed by atoms with van der Waals surface area (Å²) in [6, 6.07) is 19.2. The van der Waals surface area contributed by atoms with Crippen molar-refractivity contribution in [2.45, 2.75) is 6.92 Å². The van der Waals surface area contributed by atoms with Gasteiger partial charge in [0.1, 0.15) is 5.58 Å². The van der Waals surface area contributed by atoms with Crippen molar-refractivity contribution >= 4 is 44.3 Å². The second-order valence-electron chi connectivity index (χ2n) is 6.81. The highest BCUT2D eigenvalue weighted by molar-refractivity contribution is 9.10. The van der Waals surface area contributed by atoms with Crippen LogP contribution in [0.15, 0.2) is 80.4 Å². The van der Waals surface area contributed by atoms with Crippen LogP contribution in [0.1, 0.15) is 15.9 Å². The highest BCUT2D eigenvalue weighted by Crippen LogP contribution is 2.32. The van der Waals surface area contributed by atoms with Gasteiger partial charge in [0.15, 0.2) is 18.2 Å². The average molecular weight is 484 g/mol. The van der Waals surface area contributed by atoms with Crippen LogP contribution in [-0.2, 0) is 0 Å². The maximum atomic E-state index is 13.2. The largest absolute Gasteiger partial charge is 0.478 e. The predicted molar refractivity (Wildman–Crippen MR) is 122 cm³/mol. The van der Waals surface area contributed by atoms with Crippen LogP contribution < -0.4 is 10.2 Å². The summed E-state index contributed by atoms with van der Waals surface area (Å²) in [6.07, 6.45) is 0. The van der Waals surface area contributed by atoms with E-state index in [0.29, 0.717) is 27.1 Å². The number of halogens is 2. The number of Topliss-reactive ketones (excluding diaryl/α,β-unsaturated/α-hetero) is 1. The normalized spacial score (nSPS) is 10.9. The zero-order valence-corrected chi connectivity index (χ0v) is 18.3. The first-order valence-corrected chi connectivity index (χ1v) is 10.3. The molecule has 0 atom stereocenters. The lowest BCUT2D eigenvalue weighted by atomic mass is 10.1. The molecule has 0 fully saturated rings. The van der Waals surface area contributed by atoms with Crippen LogP contribution in [0.3, 0.4) is 0 Å². The van der Waals surface area contributed by atoms with Crippen molar-refractivity contribution in [2.75, 3.05) is 6.61 Å². The number of rotatable bonds is 5. The Morgan fingerprint density at radius 1 is 1.03 bits per heavy atom. The summed E-state index contributed by atoms with van der Waals surface area (Å²) < 4.78 is 12.7. The molecule has 0 aliphatic carbocycles. The number of hydrogen-bond acceptors (Lipinski definition) is 4. The molecule has 1 heterocycles. The van der Waals surface area contributed by atoms with E-state index in [9.17, 15) is 9.59 Å². The number of aryl methyl sites for hydroxylation is 1. The Morgan fingerprint density at radius 2 is 1.73 bits per heavy atom. The molecule has 4 aromatic rings. The van der Waals surface area contributed by atoms with Crippen LogP contribution in [0.4, 0.5) is 0 Å². The maximum absolute atomic E-state index is 13.2. The molecule has 1 aromatic heterocycles. The Labute approximate surface area is 186 Å². The van der Waals surface area contributed by atoms with Crippen molar-refractivity contribution < 1.29 is 13.9 Å². The van der Waals surface area contributed by atoms with Gasteiger partial charge in [-0.25, -0.2) is 0 Å². The molecule has 3 aromatic carbocycles. The molecule has 0 saturated carbocycles. The molecule has 0 radical (unpaired) electrons. The van der Waals surface area contributed by atoms with Crippen molar-refractivity contribution in [1.82, 2.24) is 0 Å². The third-order valence-corrected chi connectivity index (χ3v) is 5.41. The van der Waals surface area contributed by atoms with Gasteiger partial charge in [-0.15, -0.1) is 0 Å². The van der Waals surface area contributed by atoms with E-state index in [2.05, 4.69) is 15.9 Å². The Balaban J connectivity index is 1.77. The van der Waals surface area contributed by atoms with Crippen molar-refractivity contribution in [3.63, 3.8) is 0 Å². The van der Waals surface area contributed by atoms with Gasteiger partial charge in [-0.05, 0) is 61.0 Å². The van der Waals surface area contributed by atoms with Gasteiger partial charge in [-0.2, -0.15) is 0 Å². The molecule has 0 spiro atoms. The monoisotopic (exact) mass is 482 g/mol. The zero-order chi connectivity index (χ0) is 21.3. The molecule has 4 nitrogen and oxygen atoms in total. The van der Waals surface area contributed by atoms with Crippen LogP contribution in [0.5, 0.6) is 5.75 Å². The number of fused-ring (bicyclic) bond motifs is 1. The maximum Gasteiger partial charge on any atom is 0.235 e. The van der Waals surface area contributed by atoms with E-state index in [1.54, 1.807) is 60.7 Å². The molecule has 0 N–H and O–H groups in total. The Hall–Kier alpha value is -2.89. The summed E-state index contributed by atoms with van der Waals surface area (Å²) >= 11 is 9.34. The highest BCUT2D eigenvalue weighted by Gasteiger charge is 2.19. The number of ether oxygens (including phenoxy) is 1. The second-order valence-corrected chi connectivity index (χ2v) is 8.17. The first-order valence-electron chi connectivity index (χ1n) is 9.17. The van der Waals surface area contributed by atoms with Crippen LogP contribution in [0, 0.1) is 6.92 Å². The molecule has 6 heteroatoms. The topological polar surface area (TPSA) is 56.5 Å². The summed E-state index contributed by atoms with van der Waals surface area (Å²) in [4.78, 5) is 25.7. The second kappa shape index (κ2) is 8.46. The number of hydrogen-bond donors (Lipinski definition) is 0. The third-order valence-electron chi connectivity index (χ3n) is 4.63. The Kier molecular flexibility index (Phi) is 5.75. The minimum atomic E-state index is -0.329. The lowest BCUT2D eigenvalue weighted by Gasteiger charge is -2.12. The Morgan fingerprint density at radius 3 is 2.43 bits per heavy atom. The molecule has 150 valence electrons. The van der Waals surface area contributed by atoms with Crippen LogP contribution >= 0.6 is 27.5 Å². The van der Waals surface area contributed by atoms with E-state index >= 15 is 0 Å². The van der Waals surface area contributed by atoms with Crippen molar-refractivity contribution in [1.29, 1.82) is 0 Å². The fourth-order valence-electron chi connectivity index (χ4n) is 3.06. The smallest absolute Gasteiger partial charge is 0.235 e. The first kappa shape index (κ1) is 20.4. The fourth-order valence-corrected chi connectivity index (χ4v) is 3.45. The Bertz CT molecular complexity index is 1290. The molecule has 0 amide bonds. The molecule has 0 unspecified atom stereocenters. The number of ketones is 1. The SMILES string of the molecule is Cc1ccc2c(=O)c(OCC(=O)c3ccc(Br)cc3)c(-c3ccc(Cl)cc3)oc2c1. The van der Waals surface area contributed by atoms with Crippen molar-refractivity contribution in [3.05, 3.63) is 97.6 Å². The number of carbonyl (C=O) groups is 1.